The smallest absolute Gasteiger partial charge is 0.255 e. The van der Waals surface area contributed by atoms with Gasteiger partial charge in [-0.1, -0.05) is 32.9 Å². The predicted molar refractivity (Wildman–Crippen MR) is 102 cm³/mol. The molecule has 0 aromatic heterocycles. The van der Waals surface area contributed by atoms with Crippen LogP contribution < -0.4 is 10.6 Å². The molecule has 2 N–H and O–H groups in total. The molecular weight excluding hydrogens is 334 g/mol. The summed E-state index contributed by atoms with van der Waals surface area (Å²) in [6.07, 6.45) is 0. The number of amides is 2. The Kier molecular flexibility index (Phi) is 5.39. The molecule has 136 valence electrons. The van der Waals surface area contributed by atoms with Crippen molar-refractivity contribution in [1.29, 1.82) is 0 Å². The number of hydrogen-bond donors (Lipinski definition) is 2. The third kappa shape index (κ3) is 4.18. The fraction of sp³-hybridized carbons (Fsp3) is 0.579. The lowest BCUT2D eigenvalue weighted by molar-refractivity contribution is -0.124. The van der Waals surface area contributed by atoms with Crippen molar-refractivity contribution in [3.8, 4) is 0 Å². The van der Waals surface area contributed by atoms with E-state index in [4.69, 9.17) is 0 Å². The first kappa shape index (κ1) is 18.3. The highest BCUT2D eigenvalue weighted by Crippen LogP contribution is 2.26. The second-order valence-corrected chi connectivity index (χ2v) is 8.89. The molecule has 6 heteroatoms. The number of nitrogens with zero attached hydrogens (tertiary/aromatic N) is 1. The van der Waals surface area contributed by atoms with Crippen LogP contribution in [0.3, 0.4) is 0 Å². The van der Waals surface area contributed by atoms with Crippen LogP contribution in [0.4, 0.5) is 0 Å². The van der Waals surface area contributed by atoms with Crippen molar-refractivity contribution < 1.29 is 9.59 Å². The molecule has 0 saturated carbocycles. The molecule has 2 saturated heterocycles. The molecule has 0 aliphatic carbocycles. The minimum Gasteiger partial charge on any atom is -0.354 e. The van der Waals surface area contributed by atoms with Gasteiger partial charge in [-0.25, -0.2) is 0 Å². The van der Waals surface area contributed by atoms with E-state index in [1.54, 1.807) is 16.7 Å². The Morgan fingerprint density at radius 1 is 1.24 bits per heavy atom. The van der Waals surface area contributed by atoms with Crippen molar-refractivity contribution in [3.63, 3.8) is 0 Å². The third-order valence-corrected chi connectivity index (χ3v) is 5.89. The number of carbonyl (C=O) groups is 2. The summed E-state index contributed by atoms with van der Waals surface area (Å²) in [4.78, 5) is 27.0. The Morgan fingerprint density at radius 2 is 1.92 bits per heavy atom. The van der Waals surface area contributed by atoms with Gasteiger partial charge in [0.15, 0.2) is 0 Å². The van der Waals surface area contributed by atoms with Crippen molar-refractivity contribution in [2.75, 3.05) is 31.3 Å². The fourth-order valence-corrected chi connectivity index (χ4v) is 4.15. The maximum Gasteiger partial charge on any atom is 0.255 e. The Labute approximate surface area is 153 Å². The highest BCUT2D eigenvalue weighted by Gasteiger charge is 2.35. The van der Waals surface area contributed by atoms with E-state index in [0.29, 0.717) is 29.7 Å². The molecule has 25 heavy (non-hydrogen) atoms. The maximum atomic E-state index is 12.9. The minimum atomic E-state index is -0.368. The summed E-state index contributed by atoms with van der Waals surface area (Å²) >= 11 is 1.63. The van der Waals surface area contributed by atoms with Gasteiger partial charge in [-0.15, -0.1) is 11.8 Å². The summed E-state index contributed by atoms with van der Waals surface area (Å²) in [6.45, 7) is 9.07. The minimum absolute atomic E-state index is 0.0310. The van der Waals surface area contributed by atoms with Crippen LogP contribution in [0.15, 0.2) is 24.3 Å². The molecule has 5 nitrogen and oxygen atoms in total. The molecule has 0 bridgehead atoms. The average Bonchev–Trinajstić information content (AvgIpc) is 3.01. The van der Waals surface area contributed by atoms with Crippen LogP contribution in [-0.2, 0) is 10.2 Å². The van der Waals surface area contributed by atoms with E-state index in [0.717, 1.165) is 13.1 Å². The Balaban J connectivity index is 1.64. The van der Waals surface area contributed by atoms with Crippen molar-refractivity contribution in [2.45, 2.75) is 32.2 Å². The first-order valence-electron chi connectivity index (χ1n) is 8.84. The lowest BCUT2D eigenvalue weighted by atomic mass is 9.86. The summed E-state index contributed by atoms with van der Waals surface area (Å²) in [7, 11) is 0. The molecule has 1 aromatic carbocycles. The molecule has 2 amide bonds. The van der Waals surface area contributed by atoms with E-state index in [2.05, 4.69) is 31.4 Å². The van der Waals surface area contributed by atoms with Crippen molar-refractivity contribution in [1.82, 2.24) is 15.5 Å². The maximum absolute atomic E-state index is 12.9. The van der Waals surface area contributed by atoms with Crippen molar-refractivity contribution in [2.24, 2.45) is 5.92 Å². The van der Waals surface area contributed by atoms with Gasteiger partial charge in [0.1, 0.15) is 6.04 Å². The van der Waals surface area contributed by atoms with Crippen LogP contribution in [0, 0.1) is 5.92 Å². The molecule has 1 unspecified atom stereocenters. The van der Waals surface area contributed by atoms with Gasteiger partial charge in [0.2, 0.25) is 5.91 Å². The second kappa shape index (κ2) is 7.38. The first-order chi connectivity index (χ1) is 11.9. The summed E-state index contributed by atoms with van der Waals surface area (Å²) in [5.41, 5.74) is 1.91. The topological polar surface area (TPSA) is 61.4 Å². The van der Waals surface area contributed by atoms with E-state index in [1.807, 2.05) is 24.3 Å². The quantitative estimate of drug-likeness (QED) is 0.859. The number of benzene rings is 1. The Morgan fingerprint density at radius 3 is 2.48 bits per heavy atom. The number of hydrogen-bond acceptors (Lipinski definition) is 4. The molecule has 0 radical (unpaired) electrons. The van der Waals surface area contributed by atoms with Gasteiger partial charge in [-0.2, -0.15) is 0 Å². The van der Waals surface area contributed by atoms with Crippen LogP contribution in [-0.4, -0.2) is 54.0 Å². The highest BCUT2D eigenvalue weighted by molar-refractivity contribution is 7.99. The molecule has 1 aromatic rings. The summed E-state index contributed by atoms with van der Waals surface area (Å²) in [5.74, 6) is 1.67. The number of thioether (sulfide) groups is 1. The van der Waals surface area contributed by atoms with Gasteiger partial charge >= 0.3 is 0 Å². The van der Waals surface area contributed by atoms with Crippen molar-refractivity contribution in [3.05, 3.63) is 35.4 Å². The standard InChI is InChI=1S/C19H27N3O2S/c1-19(2,3)15-6-4-14(5-7-15)18(24)22-12-25-11-16(22)17(23)21-10-13-8-20-9-13/h4-7,13,16,20H,8-12H2,1-3H3,(H,21,23). The zero-order valence-corrected chi connectivity index (χ0v) is 16.0. The lowest BCUT2D eigenvalue weighted by Crippen LogP contribution is -2.52. The van der Waals surface area contributed by atoms with Crippen LogP contribution in [0.25, 0.3) is 0 Å². The zero-order chi connectivity index (χ0) is 18.0. The van der Waals surface area contributed by atoms with E-state index in [-0.39, 0.29) is 23.3 Å². The Bertz CT molecular complexity index is 635. The second-order valence-electron chi connectivity index (χ2n) is 7.89. The molecule has 2 aliphatic heterocycles. The monoisotopic (exact) mass is 361 g/mol. The highest BCUT2D eigenvalue weighted by atomic mass is 32.2. The number of carbonyl (C=O) groups excluding carboxylic acids is 2. The van der Waals surface area contributed by atoms with Crippen LogP contribution in [0.5, 0.6) is 0 Å². The molecule has 2 fully saturated rings. The third-order valence-electron chi connectivity index (χ3n) is 4.87. The van der Waals surface area contributed by atoms with E-state index < -0.39 is 0 Å². The summed E-state index contributed by atoms with van der Waals surface area (Å²) < 4.78 is 0. The van der Waals surface area contributed by atoms with Crippen molar-refractivity contribution >= 4 is 23.6 Å². The van der Waals surface area contributed by atoms with E-state index >= 15 is 0 Å². The summed E-state index contributed by atoms with van der Waals surface area (Å²) in [6, 6.07) is 7.40. The van der Waals surface area contributed by atoms with Gasteiger partial charge in [-0.3, -0.25) is 9.59 Å². The van der Waals surface area contributed by atoms with Crippen LogP contribution in [0.1, 0.15) is 36.7 Å². The first-order valence-corrected chi connectivity index (χ1v) is 9.99. The van der Waals surface area contributed by atoms with Crippen LogP contribution in [0.2, 0.25) is 0 Å². The largest absolute Gasteiger partial charge is 0.354 e. The van der Waals surface area contributed by atoms with Crippen LogP contribution >= 0.6 is 11.8 Å². The number of rotatable bonds is 4. The average molecular weight is 362 g/mol. The molecule has 2 aliphatic rings. The number of nitrogens with one attached hydrogen (secondary N) is 2. The Hall–Kier alpha value is -1.53. The van der Waals surface area contributed by atoms with E-state index in [1.165, 1.54) is 5.56 Å². The van der Waals surface area contributed by atoms with E-state index in [9.17, 15) is 9.59 Å². The SMILES string of the molecule is CC(C)(C)c1ccc(C(=O)N2CSCC2C(=O)NCC2CNC2)cc1. The molecule has 0 spiro atoms. The van der Waals surface area contributed by atoms with Gasteiger partial charge in [-0.05, 0) is 23.1 Å². The molecule has 1 atom stereocenters. The van der Waals surface area contributed by atoms with Gasteiger partial charge in [0.25, 0.3) is 5.91 Å². The lowest BCUT2D eigenvalue weighted by Gasteiger charge is -2.29. The molecular formula is C19H27N3O2S. The molecule has 3 rings (SSSR count). The fourth-order valence-electron chi connectivity index (χ4n) is 2.99. The van der Waals surface area contributed by atoms with Gasteiger partial charge in [0, 0.05) is 36.9 Å². The predicted octanol–water partition coefficient (Wildman–Crippen LogP) is 1.83. The molecule has 2 heterocycles. The normalized spacial score (nSPS) is 21.1. The van der Waals surface area contributed by atoms with Gasteiger partial charge < -0.3 is 15.5 Å². The van der Waals surface area contributed by atoms with Gasteiger partial charge in [0.05, 0.1) is 5.88 Å². The summed E-state index contributed by atoms with van der Waals surface area (Å²) in [5, 5.41) is 6.20. The zero-order valence-electron chi connectivity index (χ0n) is 15.2.